The molecule has 1 aromatic carbocycles. The molecule has 1 aromatic rings. The summed E-state index contributed by atoms with van der Waals surface area (Å²) in [5, 5.41) is 0. The Morgan fingerprint density at radius 2 is 1.67 bits per heavy atom. The maximum atomic E-state index is 5.21. The fourth-order valence-corrected chi connectivity index (χ4v) is 3.63. The van der Waals surface area contributed by atoms with E-state index in [0.29, 0.717) is 0 Å². The average molecular weight is 246 g/mol. The summed E-state index contributed by atoms with van der Waals surface area (Å²) in [5.41, 5.74) is 1.45. The van der Waals surface area contributed by atoms with Crippen molar-refractivity contribution in [1.82, 2.24) is 0 Å². The highest BCUT2D eigenvalue weighted by atomic mass is 16.5. The number of quaternary nitrogens is 1. The fraction of sp³-hybridized carbons (Fsp3) is 0.625. The Hall–Kier alpha value is -1.02. The van der Waals surface area contributed by atoms with Crippen LogP contribution in [0.15, 0.2) is 24.3 Å². The standard InChI is InChI=1S/C16H24NO/c1-18-16-4-2-14(3-5-16)6-10-17-11-7-15(8-12-17)9-13-17/h2-5,15H,6-13H2,1H3/q+1. The van der Waals surface area contributed by atoms with E-state index in [9.17, 15) is 0 Å². The molecule has 0 aromatic heterocycles. The molecule has 0 atom stereocenters. The van der Waals surface area contributed by atoms with Crippen LogP contribution in [0.1, 0.15) is 24.8 Å². The van der Waals surface area contributed by atoms with Crippen LogP contribution in [0, 0.1) is 5.92 Å². The number of ether oxygens (including phenoxy) is 1. The molecule has 2 heteroatoms. The molecule has 3 aliphatic heterocycles. The monoisotopic (exact) mass is 246 g/mol. The molecule has 0 aliphatic carbocycles. The molecule has 0 unspecified atom stereocenters. The molecular formula is C16H24NO+. The summed E-state index contributed by atoms with van der Waals surface area (Å²) in [7, 11) is 1.73. The maximum Gasteiger partial charge on any atom is 0.118 e. The molecule has 98 valence electrons. The van der Waals surface area contributed by atoms with Crippen LogP contribution >= 0.6 is 0 Å². The first-order valence-corrected chi connectivity index (χ1v) is 7.28. The van der Waals surface area contributed by atoms with Gasteiger partial charge in [-0.15, -0.1) is 0 Å². The van der Waals surface area contributed by atoms with Crippen molar-refractivity contribution in [3.63, 3.8) is 0 Å². The molecule has 4 rings (SSSR count). The van der Waals surface area contributed by atoms with E-state index in [1.165, 1.54) is 61.9 Å². The summed E-state index contributed by atoms with van der Waals surface area (Å²) in [5.74, 6) is 2.02. The van der Waals surface area contributed by atoms with E-state index < -0.39 is 0 Å². The lowest BCUT2D eigenvalue weighted by Gasteiger charge is -2.49. The Morgan fingerprint density at radius 1 is 1.06 bits per heavy atom. The first kappa shape index (κ1) is 12.0. The second-order valence-electron chi connectivity index (χ2n) is 6.07. The van der Waals surface area contributed by atoms with Gasteiger partial charge in [-0.3, -0.25) is 0 Å². The third kappa shape index (κ3) is 2.39. The van der Waals surface area contributed by atoms with Crippen molar-refractivity contribution in [1.29, 1.82) is 0 Å². The molecule has 3 saturated heterocycles. The van der Waals surface area contributed by atoms with E-state index in [2.05, 4.69) is 24.3 Å². The number of nitrogens with zero attached hydrogens (tertiary/aromatic N) is 1. The van der Waals surface area contributed by atoms with Crippen molar-refractivity contribution in [2.45, 2.75) is 25.7 Å². The van der Waals surface area contributed by atoms with E-state index in [-0.39, 0.29) is 0 Å². The van der Waals surface area contributed by atoms with Gasteiger partial charge in [0.15, 0.2) is 0 Å². The Kier molecular flexibility index (Phi) is 3.29. The van der Waals surface area contributed by atoms with Crippen LogP contribution in [0.3, 0.4) is 0 Å². The summed E-state index contributed by atoms with van der Waals surface area (Å²) < 4.78 is 6.60. The summed E-state index contributed by atoms with van der Waals surface area (Å²) in [6.45, 7) is 5.63. The smallest absolute Gasteiger partial charge is 0.118 e. The predicted molar refractivity (Wildman–Crippen MR) is 73.8 cm³/mol. The number of rotatable bonds is 4. The minimum Gasteiger partial charge on any atom is -0.497 e. The number of methoxy groups -OCH3 is 1. The zero-order chi connectivity index (χ0) is 12.4. The van der Waals surface area contributed by atoms with Gasteiger partial charge in [-0.2, -0.15) is 0 Å². The Labute approximate surface area is 110 Å². The van der Waals surface area contributed by atoms with Crippen molar-refractivity contribution < 1.29 is 9.22 Å². The molecule has 18 heavy (non-hydrogen) atoms. The molecule has 3 fully saturated rings. The molecule has 0 amide bonds. The third-order valence-corrected chi connectivity index (χ3v) is 5.07. The normalized spacial score (nSPS) is 30.4. The molecule has 3 aliphatic rings. The van der Waals surface area contributed by atoms with E-state index in [1.54, 1.807) is 7.11 Å². The van der Waals surface area contributed by atoms with Crippen molar-refractivity contribution in [3.8, 4) is 5.75 Å². The molecule has 2 bridgehead atoms. The van der Waals surface area contributed by atoms with Gasteiger partial charge in [-0.25, -0.2) is 0 Å². The van der Waals surface area contributed by atoms with Gasteiger partial charge in [0, 0.05) is 6.42 Å². The van der Waals surface area contributed by atoms with Crippen LogP contribution in [-0.4, -0.2) is 37.8 Å². The quantitative estimate of drug-likeness (QED) is 0.742. The number of benzene rings is 1. The van der Waals surface area contributed by atoms with Gasteiger partial charge in [0.05, 0.1) is 33.3 Å². The SMILES string of the molecule is COc1ccc(CC[N+]23CCC(CC2)CC3)cc1. The van der Waals surface area contributed by atoms with Crippen LogP contribution in [0.2, 0.25) is 0 Å². The summed E-state index contributed by atoms with van der Waals surface area (Å²) in [6, 6.07) is 8.59. The van der Waals surface area contributed by atoms with Crippen molar-refractivity contribution in [2.24, 2.45) is 5.92 Å². The highest BCUT2D eigenvalue weighted by molar-refractivity contribution is 5.27. The number of hydrogen-bond acceptors (Lipinski definition) is 1. The lowest BCUT2D eigenvalue weighted by Crippen LogP contribution is -2.58. The zero-order valence-corrected chi connectivity index (χ0v) is 11.4. The fourth-order valence-electron chi connectivity index (χ4n) is 3.63. The summed E-state index contributed by atoms with van der Waals surface area (Å²) >= 11 is 0. The van der Waals surface area contributed by atoms with Crippen LogP contribution < -0.4 is 4.74 Å². The number of piperidine rings is 3. The van der Waals surface area contributed by atoms with Crippen molar-refractivity contribution >= 4 is 0 Å². The Bertz CT molecular complexity index is 376. The van der Waals surface area contributed by atoms with Crippen LogP contribution in [-0.2, 0) is 6.42 Å². The highest BCUT2D eigenvalue weighted by Gasteiger charge is 2.38. The molecule has 0 radical (unpaired) electrons. The molecule has 0 saturated carbocycles. The average Bonchev–Trinajstić information content (AvgIpc) is 2.48. The molecule has 2 nitrogen and oxygen atoms in total. The number of hydrogen-bond donors (Lipinski definition) is 0. The van der Waals surface area contributed by atoms with Crippen molar-refractivity contribution in [3.05, 3.63) is 29.8 Å². The lowest BCUT2D eigenvalue weighted by molar-refractivity contribution is -0.942. The second-order valence-corrected chi connectivity index (χ2v) is 6.07. The number of fused-ring (bicyclic) bond motifs is 3. The predicted octanol–water partition coefficient (Wildman–Crippen LogP) is 2.87. The summed E-state index contributed by atoms with van der Waals surface area (Å²) in [6.07, 6.45) is 5.64. The largest absolute Gasteiger partial charge is 0.497 e. The van der Waals surface area contributed by atoms with E-state index in [0.717, 1.165) is 11.7 Å². The Balaban J connectivity index is 1.59. The first-order valence-electron chi connectivity index (χ1n) is 7.28. The van der Waals surface area contributed by atoms with Gasteiger partial charge in [0.2, 0.25) is 0 Å². The van der Waals surface area contributed by atoms with E-state index >= 15 is 0 Å². The zero-order valence-electron chi connectivity index (χ0n) is 11.4. The van der Waals surface area contributed by atoms with Crippen LogP contribution in [0.5, 0.6) is 5.75 Å². The first-order chi connectivity index (χ1) is 8.80. The van der Waals surface area contributed by atoms with Gasteiger partial charge in [0.1, 0.15) is 5.75 Å². The molecular weight excluding hydrogens is 222 g/mol. The topological polar surface area (TPSA) is 9.23 Å². The van der Waals surface area contributed by atoms with E-state index in [1.807, 2.05) is 0 Å². The lowest BCUT2D eigenvalue weighted by atomic mass is 9.85. The van der Waals surface area contributed by atoms with Crippen LogP contribution in [0.4, 0.5) is 0 Å². The minimum absolute atomic E-state index is 0.963. The molecule has 0 N–H and O–H groups in total. The van der Waals surface area contributed by atoms with Gasteiger partial charge < -0.3 is 9.22 Å². The molecule has 0 spiro atoms. The summed E-state index contributed by atoms with van der Waals surface area (Å²) in [4.78, 5) is 0. The van der Waals surface area contributed by atoms with Gasteiger partial charge in [-0.1, -0.05) is 12.1 Å². The molecule has 3 heterocycles. The van der Waals surface area contributed by atoms with Crippen molar-refractivity contribution in [2.75, 3.05) is 33.3 Å². The maximum absolute atomic E-state index is 5.21. The Morgan fingerprint density at radius 3 is 2.22 bits per heavy atom. The van der Waals surface area contributed by atoms with E-state index in [4.69, 9.17) is 4.74 Å². The second kappa shape index (κ2) is 4.93. The highest BCUT2D eigenvalue weighted by Crippen LogP contribution is 2.33. The van der Waals surface area contributed by atoms with Gasteiger partial charge in [0.25, 0.3) is 0 Å². The minimum atomic E-state index is 0.963. The van der Waals surface area contributed by atoms with Gasteiger partial charge in [-0.05, 0) is 42.9 Å². The van der Waals surface area contributed by atoms with Crippen LogP contribution in [0.25, 0.3) is 0 Å². The third-order valence-electron chi connectivity index (χ3n) is 5.07. The van der Waals surface area contributed by atoms with Gasteiger partial charge >= 0.3 is 0 Å².